The molecule has 7 nitrogen and oxygen atoms in total. The zero-order chi connectivity index (χ0) is 21.1. The largest absolute Gasteiger partial charge is 0.481 e. The fourth-order valence-corrected chi connectivity index (χ4v) is 3.65. The van der Waals surface area contributed by atoms with Gasteiger partial charge in [0.2, 0.25) is 0 Å². The van der Waals surface area contributed by atoms with Crippen LogP contribution in [-0.4, -0.2) is 39.5 Å². The summed E-state index contributed by atoms with van der Waals surface area (Å²) in [5.41, 5.74) is 1.22. The van der Waals surface area contributed by atoms with E-state index in [0.29, 0.717) is 39.0 Å². The summed E-state index contributed by atoms with van der Waals surface area (Å²) in [5, 5.41) is 30.6. The number of fused-ring (bicyclic) bond motifs is 2. The molecule has 0 saturated heterocycles. The summed E-state index contributed by atoms with van der Waals surface area (Å²) in [4.78, 5) is 45.6. The van der Waals surface area contributed by atoms with Crippen LogP contribution in [0, 0.1) is 11.8 Å². The Bertz CT molecular complexity index is 1060. The molecule has 3 N–H and O–H groups in total. The van der Waals surface area contributed by atoms with Gasteiger partial charge in [-0.1, -0.05) is 48.5 Å². The van der Waals surface area contributed by atoms with Gasteiger partial charge < -0.3 is 20.1 Å². The Kier molecular flexibility index (Phi) is 5.59. The summed E-state index contributed by atoms with van der Waals surface area (Å²) in [7, 11) is 0. The highest BCUT2D eigenvalue weighted by atomic mass is 16.4. The number of hydrogen-bond donors (Lipinski definition) is 3. The molecular weight excluding hydrogens is 376 g/mol. The second kappa shape index (κ2) is 8.10. The van der Waals surface area contributed by atoms with Gasteiger partial charge in [0.25, 0.3) is 0 Å². The van der Waals surface area contributed by atoms with Crippen molar-refractivity contribution in [2.75, 3.05) is 0 Å². The zero-order valence-corrected chi connectivity index (χ0v) is 15.2. The third kappa shape index (κ3) is 3.80. The number of carbonyl (C=O) groups excluding carboxylic acids is 1. The number of aliphatic carboxylic acids is 3. The monoisotopic (exact) mass is 394 g/mol. The Morgan fingerprint density at radius 2 is 1.07 bits per heavy atom. The lowest BCUT2D eigenvalue weighted by Gasteiger charge is -2.19. The maximum Gasteiger partial charge on any atom is 0.318 e. The molecule has 0 saturated carbocycles. The quantitative estimate of drug-likeness (QED) is 0.304. The molecule has 3 rings (SSSR count). The summed E-state index contributed by atoms with van der Waals surface area (Å²) in [5.74, 6) is -6.93. The van der Waals surface area contributed by atoms with Gasteiger partial charge in [-0.05, 0) is 45.5 Å². The Morgan fingerprint density at radius 3 is 1.38 bits per heavy atom. The molecule has 0 aliphatic heterocycles. The highest BCUT2D eigenvalue weighted by Crippen LogP contribution is 2.35. The van der Waals surface area contributed by atoms with Crippen molar-refractivity contribution >= 4 is 45.7 Å². The minimum atomic E-state index is -1.62. The van der Waals surface area contributed by atoms with Crippen molar-refractivity contribution in [1.29, 1.82) is 0 Å². The van der Waals surface area contributed by atoms with Crippen LogP contribution >= 0.6 is 0 Å². The van der Waals surface area contributed by atoms with E-state index in [1.807, 2.05) is 0 Å². The molecular formula is C22H18O7. The summed E-state index contributed by atoms with van der Waals surface area (Å²) < 4.78 is 0. The molecule has 0 bridgehead atoms. The average Bonchev–Trinajstić information content (AvgIpc) is 2.69. The van der Waals surface area contributed by atoms with E-state index in [1.165, 1.54) is 0 Å². The van der Waals surface area contributed by atoms with Crippen molar-refractivity contribution in [1.82, 2.24) is 0 Å². The second-order valence-electron chi connectivity index (χ2n) is 6.77. The average molecular weight is 394 g/mol. The smallest absolute Gasteiger partial charge is 0.318 e. The molecule has 1 atom stereocenters. The first kappa shape index (κ1) is 20.0. The molecule has 0 radical (unpaired) electrons. The van der Waals surface area contributed by atoms with Crippen LogP contribution in [0.5, 0.6) is 0 Å². The van der Waals surface area contributed by atoms with Gasteiger partial charge in [-0.3, -0.25) is 14.4 Å². The minimum Gasteiger partial charge on any atom is -0.481 e. The molecule has 148 valence electrons. The van der Waals surface area contributed by atoms with E-state index in [-0.39, 0.29) is 12.8 Å². The van der Waals surface area contributed by atoms with Crippen molar-refractivity contribution in [2.45, 2.75) is 12.8 Å². The molecule has 0 amide bonds. The van der Waals surface area contributed by atoms with E-state index in [4.69, 9.17) is 0 Å². The topological polar surface area (TPSA) is 129 Å². The van der Waals surface area contributed by atoms with Crippen LogP contribution in [0.25, 0.3) is 21.5 Å². The first-order valence-electron chi connectivity index (χ1n) is 8.90. The van der Waals surface area contributed by atoms with Gasteiger partial charge in [-0.25, -0.2) is 0 Å². The van der Waals surface area contributed by atoms with Crippen molar-refractivity contribution in [3.05, 3.63) is 59.7 Å². The molecule has 0 aliphatic carbocycles. The van der Waals surface area contributed by atoms with Crippen LogP contribution in [0.2, 0.25) is 0 Å². The van der Waals surface area contributed by atoms with Crippen LogP contribution in [0.15, 0.2) is 48.5 Å². The van der Waals surface area contributed by atoms with E-state index >= 15 is 0 Å². The van der Waals surface area contributed by atoms with Crippen molar-refractivity contribution in [3.63, 3.8) is 0 Å². The van der Waals surface area contributed by atoms with E-state index in [1.54, 1.807) is 48.5 Å². The molecule has 0 aliphatic rings. The lowest BCUT2D eigenvalue weighted by atomic mass is 9.84. The molecule has 1 unspecified atom stereocenters. The number of rotatable bonds is 8. The summed E-state index contributed by atoms with van der Waals surface area (Å²) in [6.45, 7) is 0. The van der Waals surface area contributed by atoms with Crippen molar-refractivity contribution in [2.24, 2.45) is 11.8 Å². The number of carbonyl (C=O) groups is 4. The fourth-order valence-electron chi connectivity index (χ4n) is 3.65. The summed E-state index contributed by atoms with van der Waals surface area (Å²) >= 11 is 0. The highest BCUT2D eigenvalue weighted by molar-refractivity contribution is 6.07. The van der Waals surface area contributed by atoms with Crippen LogP contribution in [0.1, 0.15) is 11.1 Å². The van der Waals surface area contributed by atoms with Crippen molar-refractivity contribution < 1.29 is 34.5 Å². The molecule has 0 aromatic heterocycles. The lowest BCUT2D eigenvalue weighted by molar-refractivity contribution is -0.154. The second-order valence-corrected chi connectivity index (χ2v) is 6.77. The summed E-state index contributed by atoms with van der Waals surface area (Å²) in [6, 6.07) is 14.0. The van der Waals surface area contributed by atoms with Gasteiger partial charge in [0.05, 0.1) is 0 Å². The number of benzene rings is 3. The highest BCUT2D eigenvalue weighted by Gasteiger charge is 2.29. The normalized spacial score (nSPS) is 12.2. The Balaban J connectivity index is 2.32. The predicted octanol–water partition coefficient (Wildman–Crippen LogP) is 2.76. The molecule has 0 spiro atoms. The van der Waals surface area contributed by atoms with E-state index < -0.39 is 29.7 Å². The zero-order valence-electron chi connectivity index (χ0n) is 15.2. The molecule has 7 heteroatoms. The van der Waals surface area contributed by atoms with Crippen LogP contribution < -0.4 is 0 Å². The van der Waals surface area contributed by atoms with Crippen LogP contribution in [-0.2, 0) is 32.0 Å². The number of aldehydes is 1. The first-order valence-corrected chi connectivity index (χ1v) is 8.90. The van der Waals surface area contributed by atoms with Gasteiger partial charge >= 0.3 is 17.9 Å². The Morgan fingerprint density at radius 1 is 0.690 bits per heavy atom. The minimum absolute atomic E-state index is 0.0264. The van der Waals surface area contributed by atoms with Crippen LogP contribution in [0.4, 0.5) is 0 Å². The predicted molar refractivity (Wildman–Crippen MR) is 105 cm³/mol. The van der Waals surface area contributed by atoms with Gasteiger partial charge in [-0.15, -0.1) is 0 Å². The maximum atomic E-state index is 11.5. The SMILES string of the molecule is O=CC(Cc1c2ccccc2c(CC(C(=O)O)C(=O)O)c2ccccc12)C(=O)O. The molecule has 0 heterocycles. The van der Waals surface area contributed by atoms with Gasteiger partial charge in [0, 0.05) is 0 Å². The fraction of sp³-hybridized carbons (Fsp3) is 0.182. The lowest BCUT2D eigenvalue weighted by Crippen LogP contribution is -2.25. The van der Waals surface area contributed by atoms with Gasteiger partial charge in [0.15, 0.2) is 5.92 Å². The van der Waals surface area contributed by atoms with E-state index in [9.17, 15) is 34.5 Å². The Hall–Kier alpha value is -3.74. The van der Waals surface area contributed by atoms with Crippen LogP contribution in [0.3, 0.4) is 0 Å². The standard InChI is InChI=1S/C22H18O7/c23-11-12(20(24)25)9-17-13-5-1-3-7-15(13)18(10-19(21(26)27)22(28)29)16-8-4-2-6-14(16)17/h1-8,11-12,19H,9-10H2,(H,24,25)(H,26,27)(H,28,29). The molecule has 3 aromatic rings. The third-order valence-corrected chi connectivity index (χ3v) is 5.06. The maximum absolute atomic E-state index is 11.5. The molecule has 29 heavy (non-hydrogen) atoms. The first-order chi connectivity index (χ1) is 13.8. The molecule has 0 fully saturated rings. The van der Waals surface area contributed by atoms with Crippen molar-refractivity contribution in [3.8, 4) is 0 Å². The Labute approximate surface area is 165 Å². The van der Waals surface area contributed by atoms with E-state index in [0.717, 1.165) is 0 Å². The van der Waals surface area contributed by atoms with Gasteiger partial charge in [-0.2, -0.15) is 0 Å². The molecule has 3 aromatic carbocycles. The number of carboxylic acid groups (broad SMARTS) is 3. The summed E-state index contributed by atoms with van der Waals surface area (Å²) in [6.07, 6.45) is 0.147. The van der Waals surface area contributed by atoms with Gasteiger partial charge in [0.1, 0.15) is 12.2 Å². The number of hydrogen-bond acceptors (Lipinski definition) is 4. The number of carboxylic acids is 3. The van der Waals surface area contributed by atoms with E-state index in [2.05, 4.69) is 0 Å². The third-order valence-electron chi connectivity index (χ3n) is 5.06.